The predicted molar refractivity (Wildman–Crippen MR) is 120 cm³/mol. The van der Waals surface area contributed by atoms with Crippen molar-refractivity contribution < 1.29 is 0 Å². The van der Waals surface area contributed by atoms with E-state index in [1.54, 1.807) is 0 Å². The Hall–Kier alpha value is -0.720. The van der Waals surface area contributed by atoms with Gasteiger partial charge >= 0.3 is 0 Å². The lowest BCUT2D eigenvalue weighted by Gasteiger charge is -2.34. The monoisotopic (exact) mass is 376 g/mol. The van der Waals surface area contributed by atoms with E-state index >= 15 is 0 Å². The minimum Gasteiger partial charge on any atom is -0.367 e. The molecule has 0 aromatic heterocycles. The quantitative estimate of drug-likeness (QED) is 0.235. The number of unbranched alkanes of at least 4 members (excludes halogenated alkanes) is 7. The van der Waals surface area contributed by atoms with E-state index < -0.39 is 0 Å². The van der Waals surface area contributed by atoms with Gasteiger partial charge in [0.05, 0.1) is 11.9 Å². The molecule has 2 heteroatoms. The molecule has 3 N–H and O–H groups in total. The van der Waals surface area contributed by atoms with E-state index in [4.69, 9.17) is 5.73 Å². The molecule has 1 heterocycles. The third kappa shape index (κ3) is 8.04. The standard InChI is InChI=1S/C25H48N2/c1-6-10-12-14-16-19-21(18-15-13-11-7-2)22(17-8-3)24-20(5)25(26)27-23(24)9-4/h20-22,24-25,27H,4,6-8,10-19,26H2,1-3,5H3/t20?,21?,22-,24?,25+/m1/s1. The zero-order chi connectivity index (χ0) is 20.1. The second-order valence-corrected chi connectivity index (χ2v) is 8.91. The van der Waals surface area contributed by atoms with Crippen LogP contribution in [0.5, 0.6) is 0 Å². The Labute approximate surface area is 170 Å². The third-order valence-corrected chi connectivity index (χ3v) is 6.77. The normalized spacial score (nSPS) is 24.5. The fourth-order valence-corrected chi connectivity index (χ4v) is 5.12. The summed E-state index contributed by atoms with van der Waals surface area (Å²) in [6.07, 6.45) is 17.8. The van der Waals surface area contributed by atoms with Gasteiger partial charge in [0, 0.05) is 5.92 Å². The van der Waals surface area contributed by atoms with Crippen LogP contribution in [0.1, 0.15) is 111 Å². The molecular formula is C25H48N2. The van der Waals surface area contributed by atoms with E-state index in [2.05, 4.69) is 45.3 Å². The summed E-state index contributed by atoms with van der Waals surface area (Å²) in [5.74, 6) is 2.54. The molecule has 0 aromatic rings. The zero-order valence-corrected chi connectivity index (χ0v) is 18.9. The third-order valence-electron chi connectivity index (χ3n) is 6.77. The summed E-state index contributed by atoms with van der Waals surface area (Å²) in [5.41, 5.74) is 10.8. The number of nitrogens with one attached hydrogen (secondary N) is 1. The van der Waals surface area contributed by atoms with Gasteiger partial charge in [-0.25, -0.2) is 0 Å². The molecule has 1 rings (SSSR count). The first kappa shape index (κ1) is 24.3. The first-order chi connectivity index (χ1) is 13.1. The predicted octanol–water partition coefficient (Wildman–Crippen LogP) is 7.16. The van der Waals surface area contributed by atoms with Crippen molar-refractivity contribution in [2.45, 2.75) is 117 Å². The summed E-state index contributed by atoms with van der Waals surface area (Å²) in [5, 5.41) is 3.48. The largest absolute Gasteiger partial charge is 0.367 e. The molecule has 158 valence electrons. The minimum atomic E-state index is 0.0592. The van der Waals surface area contributed by atoms with Gasteiger partial charge < -0.3 is 11.1 Å². The van der Waals surface area contributed by atoms with E-state index in [0.29, 0.717) is 11.8 Å². The average molecular weight is 377 g/mol. The molecule has 1 aliphatic heterocycles. The lowest BCUT2D eigenvalue weighted by atomic mass is 9.70. The lowest BCUT2D eigenvalue weighted by Crippen LogP contribution is -2.35. The van der Waals surface area contributed by atoms with Crippen LogP contribution < -0.4 is 11.1 Å². The molecule has 0 aromatic carbocycles. The SMILES string of the molecule is C=C=C1N[C@H](N)C(C)C1[C@H](CCC)C(CCCCCC)CCCCCCC. The maximum Gasteiger partial charge on any atom is 0.0778 e. The van der Waals surface area contributed by atoms with Gasteiger partial charge in [-0.1, -0.05) is 111 Å². The molecule has 5 atom stereocenters. The van der Waals surface area contributed by atoms with Gasteiger partial charge in [-0.3, -0.25) is 0 Å². The van der Waals surface area contributed by atoms with Crippen molar-refractivity contribution in [2.24, 2.45) is 29.4 Å². The van der Waals surface area contributed by atoms with Crippen LogP contribution in [0, 0.1) is 23.7 Å². The van der Waals surface area contributed by atoms with Crippen LogP contribution in [-0.2, 0) is 0 Å². The summed E-state index contributed by atoms with van der Waals surface area (Å²) in [4.78, 5) is 0. The van der Waals surface area contributed by atoms with E-state index in [-0.39, 0.29) is 6.17 Å². The first-order valence-corrected chi connectivity index (χ1v) is 12.0. The van der Waals surface area contributed by atoms with Gasteiger partial charge in [-0.05, 0) is 24.2 Å². The van der Waals surface area contributed by atoms with Crippen molar-refractivity contribution in [3.63, 3.8) is 0 Å². The molecule has 2 nitrogen and oxygen atoms in total. The molecular weight excluding hydrogens is 328 g/mol. The van der Waals surface area contributed by atoms with Crippen molar-refractivity contribution in [3.05, 3.63) is 18.0 Å². The molecule has 0 spiro atoms. The van der Waals surface area contributed by atoms with Crippen molar-refractivity contribution in [3.8, 4) is 0 Å². The molecule has 1 fully saturated rings. The fraction of sp³-hybridized carbons (Fsp3) is 0.880. The Kier molecular flexibility index (Phi) is 12.9. The summed E-state index contributed by atoms with van der Waals surface area (Å²) in [7, 11) is 0. The highest BCUT2D eigenvalue weighted by atomic mass is 15.1. The van der Waals surface area contributed by atoms with E-state index in [9.17, 15) is 0 Å². The van der Waals surface area contributed by atoms with Crippen LogP contribution in [0.15, 0.2) is 18.0 Å². The van der Waals surface area contributed by atoms with Crippen LogP contribution >= 0.6 is 0 Å². The highest BCUT2D eigenvalue weighted by molar-refractivity contribution is 5.14. The molecule has 0 amide bonds. The Morgan fingerprint density at radius 3 is 1.96 bits per heavy atom. The topological polar surface area (TPSA) is 38.0 Å². The molecule has 0 aliphatic carbocycles. The first-order valence-electron chi connectivity index (χ1n) is 12.0. The zero-order valence-electron chi connectivity index (χ0n) is 18.9. The van der Waals surface area contributed by atoms with Gasteiger partial charge in [0.2, 0.25) is 0 Å². The average Bonchev–Trinajstić information content (AvgIpc) is 2.95. The minimum absolute atomic E-state index is 0.0592. The van der Waals surface area contributed by atoms with E-state index in [0.717, 1.165) is 11.8 Å². The Morgan fingerprint density at radius 1 is 0.889 bits per heavy atom. The number of hydrogen-bond acceptors (Lipinski definition) is 2. The highest BCUT2D eigenvalue weighted by Gasteiger charge is 2.41. The number of hydrogen-bond donors (Lipinski definition) is 2. The fourth-order valence-electron chi connectivity index (χ4n) is 5.12. The summed E-state index contributed by atoms with van der Waals surface area (Å²) >= 11 is 0. The highest BCUT2D eigenvalue weighted by Crippen LogP contribution is 2.43. The van der Waals surface area contributed by atoms with Crippen LogP contribution in [0.25, 0.3) is 0 Å². The second-order valence-electron chi connectivity index (χ2n) is 8.91. The molecule has 3 unspecified atom stereocenters. The molecule has 0 saturated carbocycles. The van der Waals surface area contributed by atoms with Gasteiger partial charge in [0.25, 0.3) is 0 Å². The van der Waals surface area contributed by atoms with Gasteiger partial charge in [-0.2, -0.15) is 0 Å². The van der Waals surface area contributed by atoms with Crippen molar-refractivity contribution in [2.75, 3.05) is 0 Å². The number of nitrogens with two attached hydrogens (primary N) is 1. The second kappa shape index (κ2) is 14.3. The molecule has 0 bridgehead atoms. The number of rotatable bonds is 15. The van der Waals surface area contributed by atoms with Crippen LogP contribution in [0.3, 0.4) is 0 Å². The molecule has 1 saturated heterocycles. The van der Waals surface area contributed by atoms with Gasteiger partial charge in [-0.15, -0.1) is 5.73 Å². The van der Waals surface area contributed by atoms with Gasteiger partial charge in [0.15, 0.2) is 0 Å². The summed E-state index contributed by atoms with van der Waals surface area (Å²) in [6, 6.07) is 0. The van der Waals surface area contributed by atoms with E-state index in [1.807, 2.05) is 0 Å². The molecule has 27 heavy (non-hydrogen) atoms. The molecule has 0 radical (unpaired) electrons. The lowest BCUT2D eigenvalue weighted by molar-refractivity contribution is 0.171. The summed E-state index contributed by atoms with van der Waals surface area (Å²) < 4.78 is 0. The maximum absolute atomic E-state index is 6.36. The molecule has 1 aliphatic rings. The van der Waals surface area contributed by atoms with Crippen molar-refractivity contribution >= 4 is 0 Å². The number of allylic oxidation sites excluding steroid dienone is 1. The maximum atomic E-state index is 6.36. The summed E-state index contributed by atoms with van der Waals surface area (Å²) in [6.45, 7) is 13.2. The van der Waals surface area contributed by atoms with Crippen molar-refractivity contribution in [1.29, 1.82) is 0 Å². The Bertz CT molecular complexity index is 424. The van der Waals surface area contributed by atoms with Crippen molar-refractivity contribution in [1.82, 2.24) is 5.32 Å². The Morgan fingerprint density at radius 2 is 1.44 bits per heavy atom. The van der Waals surface area contributed by atoms with Gasteiger partial charge in [0.1, 0.15) is 0 Å². The Balaban J connectivity index is 2.84. The van der Waals surface area contributed by atoms with Crippen LogP contribution in [0.2, 0.25) is 0 Å². The van der Waals surface area contributed by atoms with Crippen LogP contribution in [-0.4, -0.2) is 6.17 Å². The smallest absolute Gasteiger partial charge is 0.0778 e. The van der Waals surface area contributed by atoms with E-state index in [1.165, 1.54) is 89.2 Å². The van der Waals surface area contributed by atoms with Crippen LogP contribution in [0.4, 0.5) is 0 Å².